The SMILES string of the molecule is CC(C)(CBr)NC(=O)c1csc(Cl)c1. The summed E-state index contributed by atoms with van der Waals surface area (Å²) in [4.78, 5) is 11.6. The van der Waals surface area contributed by atoms with Gasteiger partial charge in [-0.25, -0.2) is 0 Å². The van der Waals surface area contributed by atoms with E-state index in [2.05, 4.69) is 21.2 Å². The van der Waals surface area contributed by atoms with E-state index in [1.165, 1.54) is 11.3 Å². The lowest BCUT2D eigenvalue weighted by molar-refractivity contribution is 0.0922. The highest BCUT2D eigenvalue weighted by atomic mass is 79.9. The molecule has 1 aromatic heterocycles. The lowest BCUT2D eigenvalue weighted by Crippen LogP contribution is -2.44. The molecule has 0 bridgehead atoms. The van der Waals surface area contributed by atoms with E-state index in [-0.39, 0.29) is 11.4 Å². The zero-order valence-electron chi connectivity index (χ0n) is 7.93. The maximum atomic E-state index is 11.6. The largest absolute Gasteiger partial charge is 0.346 e. The number of thiophene rings is 1. The smallest absolute Gasteiger partial charge is 0.252 e. The van der Waals surface area contributed by atoms with Crippen LogP contribution in [0.4, 0.5) is 0 Å². The Bertz CT molecular complexity index is 337. The van der Waals surface area contributed by atoms with Gasteiger partial charge in [-0.05, 0) is 19.9 Å². The van der Waals surface area contributed by atoms with E-state index in [1.807, 2.05) is 13.8 Å². The van der Waals surface area contributed by atoms with Crippen molar-refractivity contribution in [1.82, 2.24) is 5.32 Å². The predicted molar refractivity (Wildman–Crippen MR) is 64.7 cm³/mol. The van der Waals surface area contributed by atoms with E-state index in [1.54, 1.807) is 11.4 Å². The molecule has 0 aliphatic heterocycles. The molecule has 0 fully saturated rings. The fourth-order valence-electron chi connectivity index (χ4n) is 0.842. The Morgan fingerprint density at radius 2 is 2.36 bits per heavy atom. The Morgan fingerprint density at radius 3 is 2.79 bits per heavy atom. The molecule has 78 valence electrons. The summed E-state index contributed by atoms with van der Waals surface area (Å²) < 4.78 is 0.631. The molecule has 14 heavy (non-hydrogen) atoms. The van der Waals surface area contributed by atoms with Crippen LogP contribution in [-0.2, 0) is 0 Å². The highest BCUT2D eigenvalue weighted by Crippen LogP contribution is 2.20. The van der Waals surface area contributed by atoms with Crippen molar-refractivity contribution in [2.45, 2.75) is 19.4 Å². The second kappa shape index (κ2) is 4.64. The number of carbonyl (C=O) groups is 1. The summed E-state index contributed by atoms with van der Waals surface area (Å²) in [7, 11) is 0. The minimum absolute atomic E-state index is 0.0856. The number of alkyl halides is 1. The molecule has 5 heteroatoms. The maximum absolute atomic E-state index is 11.6. The first-order chi connectivity index (χ1) is 6.44. The van der Waals surface area contributed by atoms with Crippen LogP contribution in [-0.4, -0.2) is 16.8 Å². The molecule has 1 heterocycles. The van der Waals surface area contributed by atoms with Crippen molar-refractivity contribution >= 4 is 44.8 Å². The number of carbonyl (C=O) groups excluding carboxylic acids is 1. The molecule has 2 nitrogen and oxygen atoms in total. The van der Waals surface area contributed by atoms with Gasteiger partial charge in [0, 0.05) is 16.2 Å². The monoisotopic (exact) mass is 295 g/mol. The molecule has 0 aromatic carbocycles. The normalized spacial score (nSPS) is 11.4. The van der Waals surface area contributed by atoms with Crippen LogP contribution in [0.25, 0.3) is 0 Å². The second-order valence-electron chi connectivity index (χ2n) is 3.61. The van der Waals surface area contributed by atoms with Gasteiger partial charge >= 0.3 is 0 Å². The molecule has 0 unspecified atom stereocenters. The van der Waals surface area contributed by atoms with Gasteiger partial charge in [-0.2, -0.15) is 0 Å². The third kappa shape index (κ3) is 3.26. The summed E-state index contributed by atoms with van der Waals surface area (Å²) >= 11 is 10.4. The van der Waals surface area contributed by atoms with Gasteiger partial charge in [-0.1, -0.05) is 27.5 Å². The van der Waals surface area contributed by atoms with Crippen molar-refractivity contribution < 1.29 is 4.79 Å². The summed E-state index contributed by atoms with van der Waals surface area (Å²) in [5.41, 5.74) is 0.375. The lowest BCUT2D eigenvalue weighted by Gasteiger charge is -2.23. The van der Waals surface area contributed by atoms with Crippen LogP contribution in [0.2, 0.25) is 4.34 Å². The average Bonchev–Trinajstić information content (AvgIpc) is 2.51. The third-order valence-electron chi connectivity index (χ3n) is 1.62. The van der Waals surface area contributed by atoms with E-state index in [9.17, 15) is 4.79 Å². The molecule has 0 spiro atoms. The second-order valence-corrected chi connectivity index (χ2v) is 5.71. The quantitative estimate of drug-likeness (QED) is 0.852. The lowest BCUT2D eigenvalue weighted by atomic mass is 10.1. The molecular formula is C9H11BrClNOS. The topological polar surface area (TPSA) is 29.1 Å². The molecule has 0 atom stereocenters. The number of amides is 1. The standard InChI is InChI=1S/C9H11BrClNOS/c1-9(2,5-10)12-8(13)6-3-7(11)14-4-6/h3-4H,5H2,1-2H3,(H,12,13). The number of nitrogens with one attached hydrogen (secondary N) is 1. The Kier molecular flexibility index (Phi) is 3.98. The van der Waals surface area contributed by atoms with Crippen LogP contribution in [0.3, 0.4) is 0 Å². The van der Waals surface area contributed by atoms with Crippen LogP contribution in [0.5, 0.6) is 0 Å². The summed E-state index contributed by atoms with van der Waals surface area (Å²) in [6.07, 6.45) is 0. The molecule has 0 saturated carbocycles. The summed E-state index contributed by atoms with van der Waals surface area (Å²) in [6, 6.07) is 1.67. The fourth-order valence-corrected chi connectivity index (χ4v) is 1.84. The van der Waals surface area contributed by atoms with Crippen LogP contribution >= 0.6 is 38.9 Å². The fraction of sp³-hybridized carbons (Fsp3) is 0.444. The molecule has 0 saturated heterocycles. The maximum Gasteiger partial charge on any atom is 0.252 e. The van der Waals surface area contributed by atoms with Crippen molar-refractivity contribution in [1.29, 1.82) is 0 Å². The van der Waals surface area contributed by atoms with Crippen molar-refractivity contribution in [3.05, 3.63) is 21.3 Å². The molecule has 1 aromatic rings. The van der Waals surface area contributed by atoms with Crippen LogP contribution in [0.1, 0.15) is 24.2 Å². The molecule has 1 N–H and O–H groups in total. The predicted octanol–water partition coefficient (Wildman–Crippen LogP) is 3.30. The molecule has 0 radical (unpaired) electrons. The van der Waals surface area contributed by atoms with Gasteiger partial charge in [-0.3, -0.25) is 4.79 Å². The van der Waals surface area contributed by atoms with Gasteiger partial charge in [0.15, 0.2) is 0 Å². The minimum Gasteiger partial charge on any atom is -0.346 e. The van der Waals surface area contributed by atoms with Crippen LogP contribution < -0.4 is 5.32 Å². The molecule has 1 amide bonds. The van der Waals surface area contributed by atoms with Crippen LogP contribution in [0, 0.1) is 0 Å². The zero-order valence-corrected chi connectivity index (χ0v) is 11.1. The van der Waals surface area contributed by atoms with Gasteiger partial charge in [0.1, 0.15) is 0 Å². The summed E-state index contributed by atoms with van der Waals surface area (Å²) in [5.74, 6) is -0.0856. The first-order valence-electron chi connectivity index (χ1n) is 4.07. The Labute approximate surface area is 101 Å². The third-order valence-corrected chi connectivity index (χ3v) is 4.11. The number of rotatable bonds is 3. The van der Waals surface area contributed by atoms with E-state index in [0.717, 1.165) is 0 Å². The average molecular weight is 297 g/mol. The van der Waals surface area contributed by atoms with E-state index in [0.29, 0.717) is 15.2 Å². The molecule has 0 aliphatic rings. The molecule has 1 rings (SSSR count). The van der Waals surface area contributed by atoms with E-state index >= 15 is 0 Å². The van der Waals surface area contributed by atoms with Crippen molar-refractivity contribution in [2.24, 2.45) is 0 Å². The van der Waals surface area contributed by atoms with Gasteiger partial charge in [-0.15, -0.1) is 11.3 Å². The minimum atomic E-state index is -0.245. The number of hydrogen-bond donors (Lipinski definition) is 1. The Balaban J connectivity index is 2.68. The summed E-state index contributed by atoms with van der Waals surface area (Å²) in [5, 5.41) is 5.36. The van der Waals surface area contributed by atoms with Crippen LogP contribution in [0.15, 0.2) is 11.4 Å². The van der Waals surface area contributed by atoms with Gasteiger partial charge in [0.05, 0.1) is 9.90 Å². The zero-order chi connectivity index (χ0) is 10.8. The van der Waals surface area contributed by atoms with Crippen molar-refractivity contribution in [3.63, 3.8) is 0 Å². The van der Waals surface area contributed by atoms with Gasteiger partial charge in [0.2, 0.25) is 0 Å². The van der Waals surface area contributed by atoms with Crippen molar-refractivity contribution in [2.75, 3.05) is 5.33 Å². The van der Waals surface area contributed by atoms with E-state index < -0.39 is 0 Å². The first-order valence-corrected chi connectivity index (χ1v) is 6.45. The molecule has 0 aliphatic carbocycles. The first kappa shape index (κ1) is 12.0. The Morgan fingerprint density at radius 1 is 1.71 bits per heavy atom. The highest BCUT2D eigenvalue weighted by molar-refractivity contribution is 9.09. The van der Waals surface area contributed by atoms with Gasteiger partial charge in [0.25, 0.3) is 5.91 Å². The van der Waals surface area contributed by atoms with Crippen molar-refractivity contribution in [3.8, 4) is 0 Å². The van der Waals surface area contributed by atoms with Gasteiger partial charge < -0.3 is 5.32 Å². The number of halogens is 2. The van der Waals surface area contributed by atoms with E-state index in [4.69, 9.17) is 11.6 Å². The Hall–Kier alpha value is -0.0600. The number of hydrogen-bond acceptors (Lipinski definition) is 2. The highest BCUT2D eigenvalue weighted by Gasteiger charge is 2.20. The summed E-state index contributed by atoms with van der Waals surface area (Å²) in [6.45, 7) is 3.90. The molecular weight excluding hydrogens is 286 g/mol.